The third-order valence-electron chi connectivity index (χ3n) is 2.48. The number of nitrogens with zero attached hydrogens (tertiary/aromatic N) is 1. The van der Waals surface area contributed by atoms with Crippen LogP contribution in [0.1, 0.15) is 10.4 Å². The van der Waals surface area contributed by atoms with E-state index in [0.717, 1.165) is 0 Å². The Labute approximate surface area is 109 Å². The third kappa shape index (κ3) is 2.79. The zero-order valence-electron chi connectivity index (χ0n) is 10.2. The SMILES string of the molecule is COC(=O)c1cc(Nc2ccccc2F)ncc1N. The number of esters is 1. The van der Waals surface area contributed by atoms with E-state index >= 15 is 0 Å². The molecule has 0 amide bonds. The van der Waals surface area contributed by atoms with Gasteiger partial charge in [-0.25, -0.2) is 14.2 Å². The van der Waals surface area contributed by atoms with Crippen LogP contribution in [0.15, 0.2) is 36.5 Å². The number of para-hydroxylation sites is 1. The minimum atomic E-state index is -0.573. The Morgan fingerprint density at radius 3 is 2.84 bits per heavy atom. The van der Waals surface area contributed by atoms with Crippen LogP contribution in [-0.2, 0) is 4.74 Å². The van der Waals surface area contributed by atoms with Crippen molar-refractivity contribution in [3.8, 4) is 0 Å². The number of pyridine rings is 1. The van der Waals surface area contributed by atoms with Gasteiger partial charge in [-0.1, -0.05) is 12.1 Å². The number of halogens is 1. The van der Waals surface area contributed by atoms with Crippen molar-refractivity contribution >= 4 is 23.2 Å². The zero-order chi connectivity index (χ0) is 13.8. The van der Waals surface area contributed by atoms with E-state index < -0.39 is 11.8 Å². The average Bonchev–Trinajstić information content (AvgIpc) is 2.42. The molecule has 98 valence electrons. The van der Waals surface area contributed by atoms with Crippen LogP contribution in [0.5, 0.6) is 0 Å². The van der Waals surface area contributed by atoms with Crippen LogP contribution in [0.25, 0.3) is 0 Å². The number of nitrogens with one attached hydrogen (secondary N) is 1. The number of aromatic nitrogens is 1. The van der Waals surface area contributed by atoms with Crippen molar-refractivity contribution in [3.63, 3.8) is 0 Å². The van der Waals surface area contributed by atoms with Gasteiger partial charge in [0.2, 0.25) is 0 Å². The molecule has 0 aliphatic carbocycles. The van der Waals surface area contributed by atoms with Crippen LogP contribution >= 0.6 is 0 Å². The van der Waals surface area contributed by atoms with Crippen molar-refractivity contribution < 1.29 is 13.9 Å². The Morgan fingerprint density at radius 1 is 1.42 bits per heavy atom. The number of hydrogen-bond acceptors (Lipinski definition) is 5. The molecule has 0 saturated carbocycles. The average molecular weight is 261 g/mol. The van der Waals surface area contributed by atoms with E-state index in [0.29, 0.717) is 5.82 Å². The maximum Gasteiger partial charge on any atom is 0.340 e. The molecule has 2 rings (SSSR count). The highest BCUT2D eigenvalue weighted by Gasteiger charge is 2.12. The normalized spacial score (nSPS) is 10.0. The monoisotopic (exact) mass is 261 g/mol. The topological polar surface area (TPSA) is 77.2 Å². The summed E-state index contributed by atoms with van der Waals surface area (Å²) in [6.07, 6.45) is 1.31. The van der Waals surface area contributed by atoms with E-state index in [2.05, 4.69) is 15.0 Å². The summed E-state index contributed by atoms with van der Waals surface area (Å²) >= 11 is 0. The molecule has 0 bridgehead atoms. The fraction of sp³-hybridized carbons (Fsp3) is 0.0769. The molecule has 2 aromatic rings. The Kier molecular flexibility index (Phi) is 3.61. The van der Waals surface area contributed by atoms with Gasteiger partial charge in [0.15, 0.2) is 0 Å². The van der Waals surface area contributed by atoms with Gasteiger partial charge in [0.25, 0.3) is 0 Å². The van der Waals surface area contributed by atoms with Crippen LogP contribution < -0.4 is 11.1 Å². The van der Waals surface area contributed by atoms with Crippen LogP contribution in [0.3, 0.4) is 0 Å². The second-order valence-electron chi connectivity index (χ2n) is 3.75. The largest absolute Gasteiger partial charge is 0.465 e. The van der Waals surface area contributed by atoms with E-state index in [1.54, 1.807) is 18.2 Å². The number of methoxy groups -OCH3 is 1. The number of carbonyl (C=O) groups is 1. The number of benzene rings is 1. The van der Waals surface area contributed by atoms with E-state index in [1.165, 1.54) is 25.4 Å². The molecule has 0 radical (unpaired) electrons. The summed E-state index contributed by atoms with van der Waals surface area (Å²) in [5.41, 5.74) is 6.26. The standard InChI is InChI=1S/C13H12FN3O2/c1-19-13(18)8-6-12(16-7-10(8)15)17-11-5-3-2-4-9(11)14/h2-7H,15H2,1H3,(H,16,17). The maximum atomic E-state index is 13.5. The van der Waals surface area contributed by atoms with Crippen molar-refractivity contribution in [2.24, 2.45) is 0 Å². The molecular weight excluding hydrogens is 249 g/mol. The highest BCUT2D eigenvalue weighted by molar-refractivity contribution is 5.95. The highest BCUT2D eigenvalue weighted by Crippen LogP contribution is 2.21. The summed E-state index contributed by atoms with van der Waals surface area (Å²) < 4.78 is 18.1. The molecule has 0 spiro atoms. The second kappa shape index (κ2) is 5.34. The van der Waals surface area contributed by atoms with Crippen molar-refractivity contribution in [1.82, 2.24) is 4.98 Å². The van der Waals surface area contributed by atoms with Gasteiger partial charge in [-0.05, 0) is 18.2 Å². The molecule has 0 saturated heterocycles. The van der Waals surface area contributed by atoms with Crippen molar-refractivity contribution in [2.45, 2.75) is 0 Å². The van der Waals surface area contributed by atoms with Gasteiger partial charge in [0, 0.05) is 0 Å². The molecule has 0 aliphatic rings. The molecule has 0 unspecified atom stereocenters. The summed E-state index contributed by atoms with van der Waals surface area (Å²) in [5.74, 6) is -0.683. The summed E-state index contributed by atoms with van der Waals surface area (Å²) in [6.45, 7) is 0. The zero-order valence-corrected chi connectivity index (χ0v) is 10.2. The summed E-state index contributed by atoms with van der Waals surface area (Å²) in [6, 6.07) is 7.56. The molecule has 5 nitrogen and oxygen atoms in total. The van der Waals surface area contributed by atoms with Gasteiger partial charge in [0.05, 0.1) is 30.2 Å². The van der Waals surface area contributed by atoms with E-state index in [-0.39, 0.29) is 16.9 Å². The number of ether oxygens (including phenoxy) is 1. The molecule has 1 aromatic heterocycles. The fourth-order valence-electron chi connectivity index (χ4n) is 1.52. The number of anilines is 3. The lowest BCUT2D eigenvalue weighted by molar-refractivity contribution is 0.0602. The van der Waals surface area contributed by atoms with Crippen molar-refractivity contribution in [1.29, 1.82) is 0 Å². The molecule has 0 aliphatic heterocycles. The molecule has 0 fully saturated rings. The first kappa shape index (κ1) is 12.8. The Bertz CT molecular complexity index is 617. The Balaban J connectivity index is 2.32. The molecule has 1 aromatic carbocycles. The number of hydrogen-bond donors (Lipinski definition) is 2. The predicted molar refractivity (Wildman–Crippen MR) is 69.7 cm³/mol. The first-order valence-corrected chi connectivity index (χ1v) is 5.47. The fourth-order valence-corrected chi connectivity index (χ4v) is 1.52. The Morgan fingerprint density at radius 2 is 2.16 bits per heavy atom. The van der Waals surface area contributed by atoms with E-state index in [4.69, 9.17) is 5.73 Å². The van der Waals surface area contributed by atoms with Crippen LogP contribution in [0.2, 0.25) is 0 Å². The van der Waals surface area contributed by atoms with Gasteiger partial charge in [-0.3, -0.25) is 0 Å². The predicted octanol–water partition coefficient (Wildman–Crippen LogP) is 2.33. The molecule has 3 N–H and O–H groups in total. The van der Waals surface area contributed by atoms with Crippen LogP contribution in [0.4, 0.5) is 21.6 Å². The lowest BCUT2D eigenvalue weighted by Gasteiger charge is -2.09. The molecular formula is C13H12FN3O2. The summed E-state index contributed by atoms with van der Waals surface area (Å²) in [5, 5.41) is 2.77. The second-order valence-corrected chi connectivity index (χ2v) is 3.75. The molecule has 0 atom stereocenters. The minimum Gasteiger partial charge on any atom is -0.465 e. The number of nitrogens with two attached hydrogens (primary N) is 1. The quantitative estimate of drug-likeness (QED) is 0.829. The third-order valence-corrected chi connectivity index (χ3v) is 2.48. The van der Waals surface area contributed by atoms with Crippen molar-refractivity contribution in [2.75, 3.05) is 18.2 Å². The number of nitrogen functional groups attached to an aromatic ring is 1. The van der Waals surface area contributed by atoms with Crippen LogP contribution in [-0.4, -0.2) is 18.1 Å². The smallest absolute Gasteiger partial charge is 0.340 e. The van der Waals surface area contributed by atoms with Gasteiger partial charge in [0.1, 0.15) is 11.6 Å². The lowest BCUT2D eigenvalue weighted by atomic mass is 10.2. The summed E-state index contributed by atoms with van der Waals surface area (Å²) in [7, 11) is 1.26. The van der Waals surface area contributed by atoms with E-state index in [1.807, 2.05) is 0 Å². The van der Waals surface area contributed by atoms with Gasteiger partial charge < -0.3 is 15.8 Å². The molecule has 1 heterocycles. The van der Waals surface area contributed by atoms with E-state index in [9.17, 15) is 9.18 Å². The number of rotatable bonds is 3. The first-order valence-electron chi connectivity index (χ1n) is 5.47. The van der Waals surface area contributed by atoms with Gasteiger partial charge in [-0.15, -0.1) is 0 Å². The molecule has 6 heteroatoms. The number of carbonyl (C=O) groups excluding carboxylic acids is 1. The van der Waals surface area contributed by atoms with Crippen LogP contribution in [0, 0.1) is 5.82 Å². The lowest BCUT2D eigenvalue weighted by Crippen LogP contribution is -2.07. The Hall–Kier alpha value is -2.63. The molecule has 19 heavy (non-hydrogen) atoms. The maximum absolute atomic E-state index is 13.5. The summed E-state index contributed by atoms with van der Waals surface area (Å²) in [4.78, 5) is 15.5. The highest BCUT2D eigenvalue weighted by atomic mass is 19.1. The van der Waals surface area contributed by atoms with Gasteiger partial charge >= 0.3 is 5.97 Å². The van der Waals surface area contributed by atoms with Gasteiger partial charge in [-0.2, -0.15) is 0 Å². The van der Waals surface area contributed by atoms with Crippen molar-refractivity contribution in [3.05, 3.63) is 47.9 Å². The minimum absolute atomic E-state index is 0.177. The first-order chi connectivity index (χ1) is 9.11.